The molecule has 0 aromatic carbocycles. The van der Waals surface area contributed by atoms with Crippen molar-refractivity contribution in [2.75, 3.05) is 0 Å². The summed E-state index contributed by atoms with van der Waals surface area (Å²) >= 11 is 1.51. The number of fused-ring (bicyclic) bond motifs is 2. The Morgan fingerprint density at radius 1 is 0.913 bits per heavy atom. The van der Waals surface area contributed by atoms with Crippen LogP contribution in [0.4, 0.5) is 0 Å². The summed E-state index contributed by atoms with van der Waals surface area (Å²) in [6.07, 6.45) is 26.1. The third-order valence-electron chi connectivity index (χ3n) is 4.42. The van der Waals surface area contributed by atoms with Gasteiger partial charge >= 0.3 is 34.9 Å². The van der Waals surface area contributed by atoms with Crippen LogP contribution in [-0.2, 0) is 24.2 Å². The van der Waals surface area contributed by atoms with Crippen LogP contribution in [0.15, 0.2) is 47.6 Å². The van der Waals surface area contributed by atoms with E-state index >= 15 is 0 Å². The van der Waals surface area contributed by atoms with Gasteiger partial charge < -0.3 is 9.41 Å². The molecular formula is C20H26F2Zr-2. The molecule has 2 saturated carbocycles. The first-order valence-electron chi connectivity index (χ1n) is 8.20. The summed E-state index contributed by atoms with van der Waals surface area (Å²) in [5.74, 6) is 1.77. The molecule has 4 aliphatic carbocycles. The van der Waals surface area contributed by atoms with Gasteiger partial charge in [-0.05, 0) is 24.7 Å². The topological polar surface area (TPSA) is 0 Å². The largest absolute Gasteiger partial charge is 1.00 e. The third kappa shape index (κ3) is 7.16. The zero-order valence-corrected chi connectivity index (χ0v) is 16.3. The van der Waals surface area contributed by atoms with Gasteiger partial charge in [0.05, 0.1) is 0 Å². The second-order valence-corrected chi connectivity index (χ2v) is 7.33. The summed E-state index contributed by atoms with van der Waals surface area (Å²) in [5, 5.41) is 0. The first-order chi connectivity index (χ1) is 10.3. The molecule has 0 nitrogen and oxygen atoms in total. The van der Waals surface area contributed by atoms with Gasteiger partial charge in [-0.3, -0.25) is 0 Å². The molecule has 0 saturated heterocycles. The molecule has 2 unspecified atom stereocenters. The number of halogens is 2. The van der Waals surface area contributed by atoms with Crippen molar-refractivity contribution >= 4 is 3.71 Å². The van der Waals surface area contributed by atoms with E-state index in [-0.39, 0.29) is 9.41 Å². The fraction of sp³-hybridized carbons (Fsp3) is 0.450. The van der Waals surface area contributed by atoms with Crippen molar-refractivity contribution in [1.29, 1.82) is 0 Å². The van der Waals surface area contributed by atoms with Gasteiger partial charge in [0.1, 0.15) is 0 Å². The van der Waals surface area contributed by atoms with Crippen LogP contribution in [-0.4, -0.2) is 3.71 Å². The molecular weight excluding hydrogens is 369 g/mol. The Balaban J connectivity index is 0.000000336. The second-order valence-electron chi connectivity index (χ2n) is 5.91. The van der Waals surface area contributed by atoms with E-state index in [4.69, 9.17) is 0 Å². The van der Waals surface area contributed by atoms with Gasteiger partial charge in [-0.2, -0.15) is 0 Å². The first kappa shape index (κ1) is 22.3. The minimum atomic E-state index is 0. The normalized spacial score (nSPS) is 25.0. The van der Waals surface area contributed by atoms with Gasteiger partial charge in [0, 0.05) is 0 Å². The van der Waals surface area contributed by atoms with E-state index in [9.17, 15) is 0 Å². The Labute approximate surface area is 154 Å². The summed E-state index contributed by atoms with van der Waals surface area (Å²) in [7, 11) is 0. The van der Waals surface area contributed by atoms with Crippen LogP contribution in [0.3, 0.4) is 0 Å². The Morgan fingerprint density at radius 3 is 1.65 bits per heavy atom. The van der Waals surface area contributed by atoms with Crippen molar-refractivity contribution in [2.45, 2.75) is 45.4 Å². The average molecular weight is 396 g/mol. The summed E-state index contributed by atoms with van der Waals surface area (Å²) < 4.78 is 2.09. The van der Waals surface area contributed by atoms with Crippen LogP contribution in [0.25, 0.3) is 0 Å². The van der Waals surface area contributed by atoms with Crippen LogP contribution in [0, 0.1) is 24.7 Å². The summed E-state index contributed by atoms with van der Waals surface area (Å²) in [6.45, 7) is 2.04. The molecule has 126 valence electrons. The SMILES string of the molecule is C1=CCC2CC[CH-]C2=C1.C1=CCC2CC[CH-]C2=C1.C[CH]=[Zr+2].[F-].[F-]. The van der Waals surface area contributed by atoms with Crippen molar-refractivity contribution in [2.24, 2.45) is 11.8 Å². The maximum absolute atomic E-state index is 2.37. The Bertz CT molecular complexity index is 420. The fourth-order valence-electron chi connectivity index (χ4n) is 3.33. The molecule has 0 radical (unpaired) electrons. The summed E-state index contributed by atoms with van der Waals surface area (Å²) in [6, 6.07) is 0. The third-order valence-corrected chi connectivity index (χ3v) is 4.42. The van der Waals surface area contributed by atoms with Gasteiger partial charge in [0.25, 0.3) is 0 Å². The monoisotopic (exact) mass is 394 g/mol. The summed E-state index contributed by atoms with van der Waals surface area (Å²) in [5.41, 5.74) is 3.16. The van der Waals surface area contributed by atoms with Gasteiger partial charge in [-0.1, -0.05) is 12.8 Å². The van der Waals surface area contributed by atoms with E-state index in [1.807, 2.05) is 6.92 Å². The molecule has 0 aliphatic heterocycles. The maximum Gasteiger partial charge on any atom is -1.00 e. The standard InChI is InChI=1S/2C9H11.C2H4.2FH.Zr/c2*1-2-5-9-7-3-6-8(9)4-1;1-2;;;/h2*1-2,4,6,9H,3,5,7H2;1H,2H3;2*1H;/q2*-1;;;;+2/p-2. The van der Waals surface area contributed by atoms with Crippen LogP contribution in [0.5, 0.6) is 0 Å². The average Bonchev–Trinajstić information content (AvgIpc) is 3.17. The first-order valence-corrected chi connectivity index (χ1v) is 9.62. The zero-order valence-electron chi connectivity index (χ0n) is 13.8. The molecule has 4 rings (SSSR count). The van der Waals surface area contributed by atoms with E-state index in [1.165, 1.54) is 62.8 Å². The van der Waals surface area contributed by atoms with Gasteiger partial charge in [0.2, 0.25) is 0 Å². The van der Waals surface area contributed by atoms with Crippen LogP contribution >= 0.6 is 0 Å². The van der Waals surface area contributed by atoms with Crippen molar-refractivity contribution in [3.63, 3.8) is 0 Å². The van der Waals surface area contributed by atoms with Crippen molar-refractivity contribution < 1.29 is 33.6 Å². The van der Waals surface area contributed by atoms with E-state index in [1.54, 1.807) is 11.1 Å². The number of hydrogen-bond donors (Lipinski definition) is 0. The maximum atomic E-state index is 2.37. The van der Waals surface area contributed by atoms with Crippen molar-refractivity contribution in [3.8, 4) is 0 Å². The van der Waals surface area contributed by atoms with Gasteiger partial charge in [-0.15, -0.1) is 37.1 Å². The smallest absolute Gasteiger partial charge is 1.00 e. The van der Waals surface area contributed by atoms with E-state index in [2.05, 4.69) is 53.0 Å². The minimum absolute atomic E-state index is 0. The molecule has 0 N–H and O–H groups in total. The van der Waals surface area contributed by atoms with Crippen LogP contribution < -0.4 is 9.41 Å². The zero-order chi connectivity index (χ0) is 14.9. The molecule has 2 atom stereocenters. The van der Waals surface area contributed by atoms with E-state index in [0.717, 1.165) is 11.8 Å². The molecule has 23 heavy (non-hydrogen) atoms. The Morgan fingerprint density at radius 2 is 1.30 bits per heavy atom. The Hall–Kier alpha value is -0.687. The summed E-state index contributed by atoms with van der Waals surface area (Å²) in [4.78, 5) is 0. The Kier molecular flexibility index (Phi) is 12.3. The molecule has 0 aromatic heterocycles. The van der Waals surface area contributed by atoms with E-state index in [0.29, 0.717) is 0 Å². The molecule has 0 bridgehead atoms. The quantitative estimate of drug-likeness (QED) is 0.478. The predicted molar refractivity (Wildman–Crippen MR) is 89.5 cm³/mol. The van der Waals surface area contributed by atoms with Crippen LogP contribution in [0.1, 0.15) is 45.4 Å². The fourth-order valence-corrected chi connectivity index (χ4v) is 3.33. The minimum Gasteiger partial charge on any atom is -1.00 e. The van der Waals surface area contributed by atoms with Crippen LogP contribution in [0.2, 0.25) is 0 Å². The molecule has 0 amide bonds. The number of rotatable bonds is 0. The molecule has 4 aliphatic rings. The number of hydrogen-bond acceptors (Lipinski definition) is 0. The van der Waals surface area contributed by atoms with E-state index < -0.39 is 0 Å². The molecule has 0 spiro atoms. The van der Waals surface area contributed by atoms with Crippen molar-refractivity contribution in [3.05, 3.63) is 60.4 Å². The van der Waals surface area contributed by atoms with Gasteiger partial charge in [-0.25, -0.2) is 36.1 Å². The molecule has 0 heterocycles. The predicted octanol–water partition coefficient (Wildman–Crippen LogP) is -0.663. The molecule has 0 aromatic rings. The molecule has 3 heteroatoms. The molecule has 2 fully saturated rings. The second kappa shape index (κ2) is 12.7. The number of allylic oxidation sites excluding steroid dienone is 8. The van der Waals surface area contributed by atoms with Crippen molar-refractivity contribution in [1.82, 2.24) is 0 Å². The van der Waals surface area contributed by atoms with Gasteiger partial charge in [0.15, 0.2) is 0 Å².